The van der Waals surface area contributed by atoms with Crippen molar-refractivity contribution < 1.29 is 4.74 Å². The zero-order valence-corrected chi connectivity index (χ0v) is 13.2. The maximum atomic E-state index is 6.33. The molecule has 1 nitrogen and oxygen atoms in total. The van der Waals surface area contributed by atoms with E-state index in [0.717, 1.165) is 18.4 Å². The molecule has 0 aromatic rings. The molecule has 2 aliphatic rings. The summed E-state index contributed by atoms with van der Waals surface area (Å²) in [5, 5.41) is 0. The molecule has 0 atom stereocenters. The maximum absolute atomic E-state index is 6.33. The average molecular weight is 264 g/mol. The van der Waals surface area contributed by atoms with Crippen molar-refractivity contribution in [3.8, 4) is 0 Å². The van der Waals surface area contributed by atoms with E-state index in [1.54, 1.807) is 0 Å². The van der Waals surface area contributed by atoms with E-state index >= 15 is 0 Å². The highest BCUT2D eigenvalue weighted by atomic mass is 16.5. The van der Waals surface area contributed by atoms with E-state index in [0.29, 0.717) is 5.41 Å². The van der Waals surface area contributed by atoms with Crippen molar-refractivity contribution in [2.75, 3.05) is 6.61 Å². The van der Waals surface area contributed by atoms with Gasteiger partial charge < -0.3 is 4.74 Å². The molecule has 19 heavy (non-hydrogen) atoms. The highest BCUT2D eigenvalue weighted by Crippen LogP contribution is 2.41. The summed E-state index contributed by atoms with van der Waals surface area (Å²) in [5.74, 6) is 1.68. The van der Waals surface area contributed by atoms with Crippen LogP contribution in [0.2, 0.25) is 0 Å². The van der Waals surface area contributed by atoms with E-state index in [1.165, 1.54) is 51.4 Å². The van der Waals surface area contributed by atoms with Gasteiger partial charge in [0.1, 0.15) is 0 Å². The first kappa shape index (κ1) is 15.1. The van der Waals surface area contributed by atoms with E-state index in [-0.39, 0.29) is 5.60 Å². The van der Waals surface area contributed by atoms with Crippen LogP contribution in [0, 0.1) is 17.3 Å². The molecule has 2 fully saturated rings. The Morgan fingerprint density at radius 2 is 1.63 bits per heavy atom. The highest BCUT2D eigenvalue weighted by molar-refractivity contribution is 4.95. The van der Waals surface area contributed by atoms with Gasteiger partial charge in [-0.15, -0.1) is 6.58 Å². The molecule has 0 N–H and O–H groups in total. The van der Waals surface area contributed by atoms with Crippen molar-refractivity contribution in [2.24, 2.45) is 17.3 Å². The van der Waals surface area contributed by atoms with Crippen molar-refractivity contribution in [2.45, 2.75) is 77.7 Å². The first-order chi connectivity index (χ1) is 8.95. The van der Waals surface area contributed by atoms with Crippen LogP contribution in [0.3, 0.4) is 0 Å². The quantitative estimate of drug-likeness (QED) is 0.622. The fourth-order valence-corrected chi connectivity index (χ4v) is 3.54. The Kier molecular flexibility index (Phi) is 4.76. The van der Waals surface area contributed by atoms with Gasteiger partial charge in [-0.05, 0) is 75.5 Å². The minimum absolute atomic E-state index is 0.172. The first-order valence-electron chi connectivity index (χ1n) is 8.22. The van der Waals surface area contributed by atoms with E-state index in [4.69, 9.17) is 4.74 Å². The molecular formula is C18H32O. The van der Waals surface area contributed by atoms with Gasteiger partial charge in [0, 0.05) is 0 Å². The highest BCUT2D eigenvalue weighted by Gasteiger charge is 2.33. The molecule has 2 saturated carbocycles. The summed E-state index contributed by atoms with van der Waals surface area (Å²) in [7, 11) is 0. The second-order valence-electron chi connectivity index (χ2n) is 7.74. The van der Waals surface area contributed by atoms with Crippen LogP contribution in [0.15, 0.2) is 12.7 Å². The Hall–Kier alpha value is -0.300. The summed E-state index contributed by atoms with van der Waals surface area (Å²) in [5.41, 5.74) is 0.562. The molecule has 0 aliphatic heterocycles. The zero-order valence-electron chi connectivity index (χ0n) is 13.2. The van der Waals surface area contributed by atoms with Crippen molar-refractivity contribution in [1.82, 2.24) is 0 Å². The molecule has 0 radical (unpaired) electrons. The zero-order chi connectivity index (χ0) is 13.9. The predicted molar refractivity (Wildman–Crippen MR) is 82.3 cm³/mol. The smallest absolute Gasteiger partial charge is 0.0654 e. The molecule has 0 amide bonds. The molecule has 0 unspecified atom stereocenters. The van der Waals surface area contributed by atoms with Gasteiger partial charge in [-0.2, -0.15) is 0 Å². The van der Waals surface area contributed by atoms with E-state index in [9.17, 15) is 0 Å². The SMILES string of the molecule is C=CC1(C)CCC(COC2(C)CCC(C)CC2)CC1. The lowest BCUT2D eigenvalue weighted by Gasteiger charge is -2.39. The topological polar surface area (TPSA) is 9.23 Å². The van der Waals surface area contributed by atoms with E-state index < -0.39 is 0 Å². The lowest BCUT2D eigenvalue weighted by molar-refractivity contribution is -0.0824. The van der Waals surface area contributed by atoms with Crippen molar-refractivity contribution in [3.63, 3.8) is 0 Å². The van der Waals surface area contributed by atoms with Gasteiger partial charge in [0.05, 0.1) is 12.2 Å². The van der Waals surface area contributed by atoms with Gasteiger partial charge in [0.2, 0.25) is 0 Å². The Bertz CT molecular complexity index is 291. The lowest BCUT2D eigenvalue weighted by Crippen LogP contribution is -2.36. The second kappa shape index (κ2) is 5.99. The van der Waals surface area contributed by atoms with Crippen molar-refractivity contribution in [1.29, 1.82) is 0 Å². The number of hydrogen-bond donors (Lipinski definition) is 0. The second-order valence-corrected chi connectivity index (χ2v) is 7.74. The van der Waals surface area contributed by atoms with Gasteiger partial charge >= 0.3 is 0 Å². The lowest BCUT2D eigenvalue weighted by atomic mass is 9.72. The summed E-state index contributed by atoms with van der Waals surface area (Å²) < 4.78 is 6.33. The van der Waals surface area contributed by atoms with Crippen LogP contribution in [0.4, 0.5) is 0 Å². The largest absolute Gasteiger partial charge is 0.375 e. The van der Waals surface area contributed by atoms with Gasteiger partial charge in [0.15, 0.2) is 0 Å². The van der Waals surface area contributed by atoms with Crippen LogP contribution in [-0.4, -0.2) is 12.2 Å². The molecule has 0 aromatic carbocycles. The summed E-state index contributed by atoms with van der Waals surface area (Å²) in [6.45, 7) is 12.0. The van der Waals surface area contributed by atoms with Crippen molar-refractivity contribution in [3.05, 3.63) is 12.7 Å². The van der Waals surface area contributed by atoms with Gasteiger partial charge in [-0.1, -0.05) is 19.9 Å². The number of hydrogen-bond acceptors (Lipinski definition) is 1. The molecule has 110 valence electrons. The van der Waals surface area contributed by atoms with Crippen LogP contribution in [-0.2, 0) is 4.74 Å². The fraction of sp³-hybridized carbons (Fsp3) is 0.889. The molecule has 0 heterocycles. The Labute approximate surface area is 119 Å². The first-order valence-corrected chi connectivity index (χ1v) is 8.22. The van der Waals surface area contributed by atoms with Crippen molar-refractivity contribution >= 4 is 0 Å². The van der Waals surface area contributed by atoms with Gasteiger partial charge in [-0.3, -0.25) is 0 Å². The summed E-state index contributed by atoms with van der Waals surface area (Å²) in [6.07, 6.45) is 12.6. The predicted octanol–water partition coefficient (Wildman–Crippen LogP) is 5.35. The van der Waals surface area contributed by atoms with E-state index in [1.807, 2.05) is 0 Å². The Morgan fingerprint density at radius 3 is 2.16 bits per heavy atom. The van der Waals surface area contributed by atoms with Crippen LogP contribution in [0.5, 0.6) is 0 Å². The molecule has 1 heteroatoms. The molecule has 2 rings (SSSR count). The van der Waals surface area contributed by atoms with Crippen LogP contribution in [0.25, 0.3) is 0 Å². The fourth-order valence-electron chi connectivity index (χ4n) is 3.54. The monoisotopic (exact) mass is 264 g/mol. The number of allylic oxidation sites excluding steroid dienone is 1. The van der Waals surface area contributed by atoms with Crippen LogP contribution < -0.4 is 0 Å². The molecule has 0 aromatic heterocycles. The standard InChI is InChI=1S/C18H32O/c1-5-17(3)10-8-16(9-11-17)14-19-18(4)12-6-15(2)7-13-18/h5,15-16H,1,6-14H2,2-4H3. The Morgan fingerprint density at radius 1 is 1.05 bits per heavy atom. The van der Waals surface area contributed by atoms with Crippen LogP contribution >= 0.6 is 0 Å². The normalized spacial score (nSPS) is 43.9. The maximum Gasteiger partial charge on any atom is 0.0654 e. The third-order valence-electron chi connectivity index (χ3n) is 5.74. The summed E-state index contributed by atoms with van der Waals surface area (Å²) in [6, 6.07) is 0. The molecule has 0 spiro atoms. The van der Waals surface area contributed by atoms with Crippen LogP contribution in [0.1, 0.15) is 72.1 Å². The molecule has 0 bridgehead atoms. The third kappa shape index (κ3) is 4.08. The molecular weight excluding hydrogens is 232 g/mol. The summed E-state index contributed by atoms with van der Waals surface area (Å²) >= 11 is 0. The number of rotatable bonds is 4. The van der Waals surface area contributed by atoms with Gasteiger partial charge in [-0.25, -0.2) is 0 Å². The van der Waals surface area contributed by atoms with E-state index in [2.05, 4.69) is 33.4 Å². The number of ether oxygens (including phenoxy) is 1. The minimum atomic E-state index is 0.172. The Balaban J connectivity index is 1.73. The van der Waals surface area contributed by atoms with Gasteiger partial charge in [0.25, 0.3) is 0 Å². The third-order valence-corrected chi connectivity index (χ3v) is 5.74. The average Bonchev–Trinajstić information content (AvgIpc) is 2.42. The summed E-state index contributed by atoms with van der Waals surface area (Å²) in [4.78, 5) is 0. The molecule has 0 saturated heterocycles. The molecule has 2 aliphatic carbocycles. The minimum Gasteiger partial charge on any atom is -0.375 e.